The summed E-state index contributed by atoms with van der Waals surface area (Å²) >= 11 is 0. The first-order valence-corrected chi connectivity index (χ1v) is 8.14. The number of rotatable bonds is 4. The van der Waals surface area contributed by atoms with Crippen LogP contribution in [0.2, 0.25) is 0 Å². The third-order valence-corrected chi connectivity index (χ3v) is 4.44. The Balaban J connectivity index is 1.77. The lowest BCUT2D eigenvalue weighted by atomic mass is 9.96. The number of nitrogens with one attached hydrogen (secondary N) is 1. The molecular weight excluding hydrogens is 312 g/mol. The number of carbonyl (C=O) groups is 3. The molecule has 2 N–H and O–H groups in total. The minimum absolute atomic E-state index is 0.0241. The normalized spacial score (nSPS) is 19.9. The molecule has 1 unspecified atom stereocenters. The summed E-state index contributed by atoms with van der Waals surface area (Å²) in [5.74, 6) is -0.675. The molecule has 0 saturated carbocycles. The highest BCUT2D eigenvalue weighted by Crippen LogP contribution is 2.30. The summed E-state index contributed by atoms with van der Waals surface area (Å²) in [4.78, 5) is 36.9. The lowest BCUT2D eigenvalue weighted by molar-refractivity contribution is -0.137. The summed E-state index contributed by atoms with van der Waals surface area (Å²) < 4.78 is 5.30. The number of benzene rings is 1. The van der Waals surface area contributed by atoms with E-state index in [2.05, 4.69) is 5.32 Å². The zero-order valence-corrected chi connectivity index (χ0v) is 13.3. The van der Waals surface area contributed by atoms with E-state index in [-0.39, 0.29) is 30.9 Å². The van der Waals surface area contributed by atoms with Crippen LogP contribution in [0.15, 0.2) is 18.2 Å². The molecule has 7 nitrogen and oxygen atoms in total. The van der Waals surface area contributed by atoms with Crippen LogP contribution in [0, 0.1) is 0 Å². The second-order valence-corrected chi connectivity index (χ2v) is 6.13. The molecule has 1 fully saturated rings. The van der Waals surface area contributed by atoms with Gasteiger partial charge in [0, 0.05) is 24.6 Å². The van der Waals surface area contributed by atoms with Gasteiger partial charge in [-0.15, -0.1) is 0 Å². The van der Waals surface area contributed by atoms with Crippen molar-refractivity contribution in [3.8, 4) is 5.75 Å². The number of ether oxygens (including phenoxy) is 1. The van der Waals surface area contributed by atoms with Crippen LogP contribution >= 0.6 is 0 Å². The number of hydrogen-bond donors (Lipinski definition) is 2. The zero-order chi connectivity index (χ0) is 17.1. The van der Waals surface area contributed by atoms with Gasteiger partial charge in [-0.3, -0.25) is 14.4 Å². The van der Waals surface area contributed by atoms with Crippen molar-refractivity contribution in [1.82, 2.24) is 4.90 Å². The Bertz CT molecular complexity index is 673. The molecule has 2 amide bonds. The van der Waals surface area contributed by atoms with E-state index >= 15 is 0 Å². The van der Waals surface area contributed by atoms with E-state index in [4.69, 9.17) is 9.84 Å². The average Bonchev–Trinajstić information content (AvgIpc) is 2.59. The lowest BCUT2D eigenvalue weighted by Gasteiger charge is -2.36. The summed E-state index contributed by atoms with van der Waals surface area (Å²) in [7, 11) is 0. The third kappa shape index (κ3) is 3.50. The second-order valence-electron chi connectivity index (χ2n) is 6.13. The Morgan fingerprint density at radius 3 is 2.96 bits per heavy atom. The Labute approximate surface area is 139 Å². The van der Waals surface area contributed by atoms with Gasteiger partial charge in [-0.2, -0.15) is 0 Å². The Hall–Kier alpha value is -2.57. The standard InChI is InChI=1S/C17H20N2O5/c20-15-10-24-14-6-4-11(9-13(14)18-15)17(23)19-8-2-1-3-12(19)5-7-16(21)22/h4,6,9,12H,1-3,5,7-8,10H2,(H,18,20)(H,21,22). The van der Waals surface area contributed by atoms with Crippen LogP contribution in [0.5, 0.6) is 5.75 Å². The molecule has 0 bridgehead atoms. The number of carboxylic acids is 1. The van der Waals surface area contributed by atoms with Gasteiger partial charge in [-0.25, -0.2) is 0 Å². The molecule has 1 aromatic rings. The lowest BCUT2D eigenvalue weighted by Crippen LogP contribution is -2.44. The van der Waals surface area contributed by atoms with E-state index in [9.17, 15) is 14.4 Å². The van der Waals surface area contributed by atoms with Gasteiger partial charge in [0.2, 0.25) is 0 Å². The molecule has 128 valence electrons. The topological polar surface area (TPSA) is 95.9 Å². The fourth-order valence-electron chi connectivity index (χ4n) is 3.24. The van der Waals surface area contributed by atoms with Crippen LogP contribution in [-0.4, -0.2) is 47.0 Å². The van der Waals surface area contributed by atoms with Gasteiger partial charge in [-0.1, -0.05) is 0 Å². The van der Waals surface area contributed by atoms with E-state index in [0.29, 0.717) is 30.0 Å². The van der Waals surface area contributed by atoms with Crippen molar-refractivity contribution < 1.29 is 24.2 Å². The van der Waals surface area contributed by atoms with Crippen molar-refractivity contribution in [2.24, 2.45) is 0 Å². The van der Waals surface area contributed by atoms with Gasteiger partial charge in [0.15, 0.2) is 6.61 Å². The zero-order valence-electron chi connectivity index (χ0n) is 13.3. The van der Waals surface area contributed by atoms with Crippen LogP contribution < -0.4 is 10.1 Å². The van der Waals surface area contributed by atoms with Gasteiger partial charge in [0.1, 0.15) is 5.75 Å². The van der Waals surface area contributed by atoms with Crippen LogP contribution in [0.1, 0.15) is 42.5 Å². The van der Waals surface area contributed by atoms with Crippen LogP contribution in [-0.2, 0) is 9.59 Å². The number of amides is 2. The third-order valence-electron chi connectivity index (χ3n) is 4.44. The van der Waals surface area contributed by atoms with Crippen molar-refractivity contribution >= 4 is 23.5 Å². The van der Waals surface area contributed by atoms with Crippen LogP contribution in [0.3, 0.4) is 0 Å². The van der Waals surface area contributed by atoms with E-state index in [1.807, 2.05) is 0 Å². The molecule has 7 heteroatoms. The maximum absolute atomic E-state index is 12.8. The smallest absolute Gasteiger partial charge is 0.303 e. The highest BCUT2D eigenvalue weighted by Gasteiger charge is 2.28. The van der Waals surface area contributed by atoms with Gasteiger partial charge in [-0.05, 0) is 43.9 Å². The van der Waals surface area contributed by atoms with Gasteiger partial charge in [0.05, 0.1) is 5.69 Å². The molecule has 0 aromatic heterocycles. The summed E-state index contributed by atoms with van der Waals surface area (Å²) in [6.45, 7) is 0.604. The maximum Gasteiger partial charge on any atom is 0.303 e. The number of carboxylic acid groups (broad SMARTS) is 1. The first kappa shape index (κ1) is 16.3. The van der Waals surface area contributed by atoms with Crippen molar-refractivity contribution in [2.45, 2.75) is 38.1 Å². The highest BCUT2D eigenvalue weighted by molar-refractivity contribution is 6.00. The number of nitrogens with zero attached hydrogens (tertiary/aromatic N) is 1. The summed E-state index contributed by atoms with van der Waals surface area (Å²) in [5, 5.41) is 11.6. The molecule has 0 aliphatic carbocycles. The van der Waals surface area contributed by atoms with E-state index in [0.717, 1.165) is 19.3 Å². The van der Waals surface area contributed by atoms with Crippen molar-refractivity contribution in [1.29, 1.82) is 0 Å². The van der Waals surface area contributed by atoms with E-state index < -0.39 is 5.97 Å². The predicted molar refractivity (Wildman–Crippen MR) is 86.1 cm³/mol. The average molecular weight is 332 g/mol. The molecule has 1 atom stereocenters. The number of hydrogen-bond acceptors (Lipinski definition) is 4. The molecule has 24 heavy (non-hydrogen) atoms. The van der Waals surface area contributed by atoms with Gasteiger partial charge in [0.25, 0.3) is 11.8 Å². The maximum atomic E-state index is 12.8. The molecular formula is C17H20N2O5. The molecule has 2 heterocycles. The Morgan fingerprint density at radius 1 is 1.33 bits per heavy atom. The minimum atomic E-state index is -0.846. The van der Waals surface area contributed by atoms with Gasteiger partial charge < -0.3 is 20.1 Å². The number of carbonyl (C=O) groups excluding carboxylic acids is 2. The Kier molecular flexibility index (Phi) is 4.69. The van der Waals surface area contributed by atoms with Crippen molar-refractivity contribution in [2.75, 3.05) is 18.5 Å². The summed E-state index contributed by atoms with van der Waals surface area (Å²) in [6, 6.07) is 4.93. The number of anilines is 1. The SMILES string of the molecule is O=C(O)CCC1CCCCN1C(=O)c1ccc2c(c1)NC(=O)CO2. The first-order chi connectivity index (χ1) is 11.5. The van der Waals surface area contributed by atoms with Crippen LogP contribution in [0.4, 0.5) is 5.69 Å². The van der Waals surface area contributed by atoms with Crippen molar-refractivity contribution in [3.63, 3.8) is 0 Å². The Morgan fingerprint density at radius 2 is 2.17 bits per heavy atom. The summed E-state index contributed by atoms with van der Waals surface area (Å²) in [6.07, 6.45) is 3.26. The molecule has 0 radical (unpaired) electrons. The number of piperidine rings is 1. The fraction of sp³-hybridized carbons (Fsp3) is 0.471. The first-order valence-electron chi connectivity index (χ1n) is 8.14. The minimum Gasteiger partial charge on any atom is -0.482 e. The fourth-order valence-corrected chi connectivity index (χ4v) is 3.24. The molecule has 1 aromatic carbocycles. The molecule has 3 rings (SSSR count). The quantitative estimate of drug-likeness (QED) is 0.877. The van der Waals surface area contributed by atoms with Crippen molar-refractivity contribution in [3.05, 3.63) is 23.8 Å². The highest BCUT2D eigenvalue weighted by atomic mass is 16.5. The van der Waals surface area contributed by atoms with E-state index in [1.54, 1.807) is 23.1 Å². The van der Waals surface area contributed by atoms with Crippen LogP contribution in [0.25, 0.3) is 0 Å². The number of fused-ring (bicyclic) bond motifs is 1. The predicted octanol–water partition coefficient (Wildman–Crippen LogP) is 1.88. The molecule has 1 saturated heterocycles. The molecule has 2 aliphatic heterocycles. The largest absolute Gasteiger partial charge is 0.482 e. The van der Waals surface area contributed by atoms with E-state index in [1.165, 1.54) is 0 Å². The summed E-state index contributed by atoms with van der Waals surface area (Å²) in [5.41, 5.74) is 0.970. The molecule has 0 spiro atoms. The number of likely N-dealkylation sites (tertiary alicyclic amines) is 1. The number of aliphatic carboxylic acids is 1. The monoisotopic (exact) mass is 332 g/mol. The van der Waals surface area contributed by atoms with Gasteiger partial charge >= 0.3 is 5.97 Å². The molecule has 2 aliphatic rings. The second kappa shape index (κ2) is 6.90.